The third-order valence-corrected chi connectivity index (χ3v) is 4.87. The van der Waals surface area contributed by atoms with Crippen LogP contribution >= 0.6 is 0 Å². The molecular weight excluding hydrogens is 338 g/mol. The number of methoxy groups -OCH3 is 2. The van der Waals surface area contributed by atoms with Crippen molar-refractivity contribution in [3.8, 4) is 11.5 Å². The first-order chi connectivity index (χ1) is 12.5. The Morgan fingerprint density at radius 2 is 1.81 bits per heavy atom. The van der Waals surface area contributed by atoms with Crippen molar-refractivity contribution >= 4 is 5.97 Å². The van der Waals surface area contributed by atoms with Crippen molar-refractivity contribution in [2.24, 2.45) is 0 Å². The van der Waals surface area contributed by atoms with Gasteiger partial charge in [-0.1, -0.05) is 18.2 Å². The Balaban J connectivity index is 2.25. The van der Waals surface area contributed by atoms with E-state index < -0.39 is 17.9 Å². The van der Waals surface area contributed by atoms with E-state index in [4.69, 9.17) is 9.47 Å². The van der Waals surface area contributed by atoms with E-state index in [0.29, 0.717) is 35.5 Å². The van der Waals surface area contributed by atoms with Crippen LogP contribution in [-0.4, -0.2) is 36.3 Å². The van der Waals surface area contributed by atoms with Crippen molar-refractivity contribution in [1.82, 2.24) is 0 Å². The third-order valence-electron chi connectivity index (χ3n) is 4.87. The monoisotopic (exact) mass is 357 g/mol. The number of ether oxygens (including phenoxy) is 2. The summed E-state index contributed by atoms with van der Waals surface area (Å²) in [6.07, 6.45) is 0.848. The highest BCUT2D eigenvalue weighted by molar-refractivity contribution is 5.90. The smallest absolute Gasteiger partial charge is 0.335 e. The number of aromatic carboxylic acids is 1. The second-order valence-electron chi connectivity index (χ2n) is 6.17. The molecule has 0 spiro atoms. The van der Waals surface area contributed by atoms with Gasteiger partial charge in [0.1, 0.15) is 0 Å². The highest BCUT2D eigenvalue weighted by Crippen LogP contribution is 2.43. The number of aryl methyl sites for hydroxylation is 1. The summed E-state index contributed by atoms with van der Waals surface area (Å²) in [4.78, 5) is 23.1. The van der Waals surface area contributed by atoms with E-state index >= 15 is 0 Å². The van der Waals surface area contributed by atoms with Gasteiger partial charge in [-0.25, -0.2) is 4.79 Å². The van der Waals surface area contributed by atoms with E-state index in [0.717, 1.165) is 5.56 Å². The molecule has 3 rings (SSSR count). The number of hydrogen-bond donors (Lipinski definition) is 1. The number of carbonyl (C=O) groups is 1. The normalized spacial score (nSPS) is 18.7. The molecule has 2 aromatic carbocycles. The maximum Gasteiger partial charge on any atom is 0.335 e. The Morgan fingerprint density at radius 1 is 1.15 bits per heavy atom. The first-order valence-electron chi connectivity index (χ1n) is 8.18. The summed E-state index contributed by atoms with van der Waals surface area (Å²) in [6, 6.07) is 9.09. The second kappa shape index (κ2) is 7.03. The van der Waals surface area contributed by atoms with Crippen LogP contribution in [0.5, 0.6) is 11.5 Å². The second-order valence-corrected chi connectivity index (χ2v) is 6.17. The number of hydrogen-bond acceptors (Lipinski definition) is 5. The van der Waals surface area contributed by atoms with Gasteiger partial charge in [-0.15, -0.1) is 0 Å². The number of benzene rings is 2. The summed E-state index contributed by atoms with van der Waals surface area (Å²) >= 11 is 0. The van der Waals surface area contributed by atoms with Gasteiger partial charge in [0.05, 0.1) is 25.7 Å². The molecule has 0 radical (unpaired) electrons. The standard InChI is InChI=1S/C19H19NO6/c1-25-16-9-11-7-8-15(20(23)24)18(14(11)10-17(16)26-2)12-5-3-4-6-13(12)19(21)22/h3-6,9-10,15,18H,7-8H2,1-2H3,(H,21,22)/t15-,18-/m1/s1. The Labute approximate surface area is 150 Å². The zero-order chi connectivity index (χ0) is 18.8. The van der Waals surface area contributed by atoms with E-state index in [1.54, 1.807) is 24.3 Å². The minimum atomic E-state index is -1.10. The lowest BCUT2D eigenvalue weighted by atomic mass is 9.74. The average Bonchev–Trinajstić information content (AvgIpc) is 2.65. The van der Waals surface area contributed by atoms with Crippen molar-refractivity contribution in [2.75, 3.05) is 14.2 Å². The highest BCUT2D eigenvalue weighted by atomic mass is 16.6. The van der Waals surface area contributed by atoms with Crippen LogP contribution in [0.4, 0.5) is 0 Å². The molecule has 0 aromatic heterocycles. The Morgan fingerprint density at radius 3 is 2.42 bits per heavy atom. The minimum Gasteiger partial charge on any atom is -0.493 e. The molecule has 0 amide bonds. The van der Waals surface area contributed by atoms with E-state index in [9.17, 15) is 20.0 Å². The minimum absolute atomic E-state index is 0.0759. The predicted molar refractivity (Wildman–Crippen MR) is 93.9 cm³/mol. The molecule has 2 aromatic rings. The lowest BCUT2D eigenvalue weighted by Gasteiger charge is -2.30. The largest absolute Gasteiger partial charge is 0.493 e. The van der Waals surface area contributed by atoms with Crippen molar-refractivity contribution in [1.29, 1.82) is 0 Å². The van der Waals surface area contributed by atoms with E-state index in [2.05, 4.69) is 0 Å². The number of rotatable bonds is 5. The fourth-order valence-electron chi connectivity index (χ4n) is 3.69. The number of carboxylic acid groups (broad SMARTS) is 1. The first kappa shape index (κ1) is 17.7. The number of nitrogens with zero attached hydrogens (tertiary/aromatic N) is 1. The number of carboxylic acids is 1. The van der Waals surface area contributed by atoms with E-state index in [1.807, 2.05) is 6.07 Å². The molecule has 136 valence electrons. The van der Waals surface area contributed by atoms with Gasteiger partial charge in [-0.2, -0.15) is 0 Å². The summed E-state index contributed by atoms with van der Waals surface area (Å²) in [7, 11) is 3.03. The van der Waals surface area contributed by atoms with Crippen LogP contribution in [0.1, 0.15) is 39.4 Å². The molecule has 0 fully saturated rings. The van der Waals surface area contributed by atoms with Crippen molar-refractivity contribution in [3.63, 3.8) is 0 Å². The maximum atomic E-state index is 11.7. The quantitative estimate of drug-likeness (QED) is 0.652. The van der Waals surface area contributed by atoms with Gasteiger partial charge >= 0.3 is 5.97 Å². The van der Waals surface area contributed by atoms with E-state index in [-0.39, 0.29) is 10.5 Å². The lowest BCUT2D eigenvalue weighted by Crippen LogP contribution is -2.34. The molecule has 0 heterocycles. The van der Waals surface area contributed by atoms with E-state index in [1.165, 1.54) is 20.3 Å². The molecule has 1 N–H and O–H groups in total. The van der Waals surface area contributed by atoms with Gasteiger partial charge in [0.15, 0.2) is 11.5 Å². The van der Waals surface area contributed by atoms with Gasteiger partial charge in [0.2, 0.25) is 6.04 Å². The van der Waals surface area contributed by atoms with Gasteiger partial charge in [0.25, 0.3) is 0 Å². The van der Waals surface area contributed by atoms with Crippen molar-refractivity contribution in [2.45, 2.75) is 24.8 Å². The molecule has 0 saturated carbocycles. The van der Waals surface area contributed by atoms with Crippen molar-refractivity contribution < 1.29 is 24.3 Å². The zero-order valence-electron chi connectivity index (χ0n) is 14.5. The summed E-state index contributed by atoms with van der Waals surface area (Å²) < 4.78 is 10.7. The van der Waals surface area contributed by atoms with Gasteiger partial charge in [-0.05, 0) is 41.3 Å². The molecule has 7 heteroatoms. The van der Waals surface area contributed by atoms with Gasteiger partial charge in [-0.3, -0.25) is 10.1 Å². The lowest BCUT2D eigenvalue weighted by molar-refractivity contribution is -0.526. The molecule has 0 bridgehead atoms. The zero-order valence-corrected chi connectivity index (χ0v) is 14.5. The Bertz CT molecular complexity index is 863. The summed E-state index contributed by atoms with van der Waals surface area (Å²) in [5.41, 5.74) is 2.14. The first-order valence-corrected chi connectivity index (χ1v) is 8.18. The van der Waals surface area contributed by atoms with Crippen LogP contribution in [0, 0.1) is 10.1 Å². The van der Waals surface area contributed by atoms with Crippen LogP contribution in [0.25, 0.3) is 0 Å². The molecule has 1 aliphatic carbocycles. The molecule has 0 saturated heterocycles. The van der Waals surface area contributed by atoms with Crippen LogP contribution in [-0.2, 0) is 6.42 Å². The van der Waals surface area contributed by atoms with Crippen LogP contribution < -0.4 is 9.47 Å². The fraction of sp³-hybridized carbons (Fsp3) is 0.316. The van der Waals surface area contributed by atoms with Crippen LogP contribution in [0.2, 0.25) is 0 Å². The fourth-order valence-corrected chi connectivity index (χ4v) is 3.69. The Hall–Kier alpha value is -3.09. The average molecular weight is 357 g/mol. The molecule has 0 unspecified atom stereocenters. The van der Waals surface area contributed by atoms with Gasteiger partial charge in [0, 0.05) is 11.3 Å². The molecule has 1 aliphatic rings. The highest BCUT2D eigenvalue weighted by Gasteiger charge is 2.41. The number of fused-ring (bicyclic) bond motifs is 1. The summed E-state index contributed by atoms with van der Waals surface area (Å²) in [5.74, 6) is -0.750. The molecule has 26 heavy (non-hydrogen) atoms. The molecule has 0 aliphatic heterocycles. The topological polar surface area (TPSA) is 98.9 Å². The molecule has 7 nitrogen and oxygen atoms in total. The number of nitro groups is 1. The summed E-state index contributed by atoms with van der Waals surface area (Å²) in [6.45, 7) is 0. The maximum absolute atomic E-state index is 11.7. The Kier molecular flexibility index (Phi) is 4.79. The van der Waals surface area contributed by atoms with Crippen LogP contribution in [0.3, 0.4) is 0 Å². The van der Waals surface area contributed by atoms with Gasteiger partial charge < -0.3 is 14.6 Å². The predicted octanol–water partition coefficient (Wildman–Crippen LogP) is 3.13. The van der Waals surface area contributed by atoms with Crippen LogP contribution in [0.15, 0.2) is 36.4 Å². The molecular formula is C19H19NO6. The summed E-state index contributed by atoms with van der Waals surface area (Å²) in [5, 5.41) is 21.2. The van der Waals surface area contributed by atoms with Crippen molar-refractivity contribution in [3.05, 3.63) is 68.8 Å². The molecule has 2 atom stereocenters. The third kappa shape index (κ3) is 2.96. The SMILES string of the molecule is COc1cc2c(cc1OC)[C@@H](c1ccccc1C(=O)O)[C@H]([N+](=O)[O-])CC2.